The van der Waals surface area contributed by atoms with Gasteiger partial charge in [0.1, 0.15) is 0 Å². The molecule has 0 fully saturated rings. The van der Waals surface area contributed by atoms with Gasteiger partial charge >= 0.3 is 41.7 Å². The Kier molecular flexibility index (Phi) is 4.61. The van der Waals surface area contributed by atoms with Crippen LogP contribution >= 0.6 is 0 Å². The first-order valence-corrected chi connectivity index (χ1v) is 1.24. The van der Waals surface area contributed by atoms with E-state index in [9.17, 15) is 13.2 Å². The molecule has 0 bridgehead atoms. The van der Waals surface area contributed by atoms with Gasteiger partial charge in [-0.3, -0.25) is 0 Å². The molecule has 0 saturated heterocycles. The molecule has 6 heteroatoms. The molecular weight excluding hydrogens is 136 g/mol. The van der Waals surface area contributed by atoms with Gasteiger partial charge in [-0.25, -0.2) is 4.79 Å². The zero-order chi connectivity index (χ0) is 6.08. The van der Waals surface area contributed by atoms with Gasteiger partial charge in [0.2, 0.25) is 0 Å². The molecule has 0 atom stereocenters. The van der Waals surface area contributed by atoms with E-state index < -0.39 is 12.1 Å². The Morgan fingerprint density at radius 2 is 1.50 bits per heavy atom. The van der Waals surface area contributed by atoms with E-state index in [-0.39, 0.29) is 29.6 Å². The van der Waals surface area contributed by atoms with Crippen LogP contribution in [0, 0.1) is 0 Å². The van der Waals surface area contributed by atoms with Gasteiger partial charge in [-0.15, -0.1) is 0 Å². The number of hydrogen-bond donors (Lipinski definition) is 1. The molecule has 0 heterocycles. The van der Waals surface area contributed by atoms with Gasteiger partial charge in [-0.2, -0.15) is 13.2 Å². The standard InChI is InChI=1S/C2HF3O2.Na/c3-2(4,5)1(6)7;/h(H,6,7);/q;+1. The molecule has 42 valence electrons. The number of rotatable bonds is 0. The molecule has 0 saturated carbocycles. The van der Waals surface area contributed by atoms with E-state index in [1.165, 1.54) is 0 Å². The zero-order valence-corrected chi connectivity index (χ0v) is 5.99. The summed E-state index contributed by atoms with van der Waals surface area (Å²) in [6.45, 7) is 0. The number of alkyl halides is 3. The van der Waals surface area contributed by atoms with E-state index in [4.69, 9.17) is 9.90 Å². The van der Waals surface area contributed by atoms with Crippen LogP contribution in [0.4, 0.5) is 13.2 Å². The van der Waals surface area contributed by atoms with E-state index in [0.29, 0.717) is 0 Å². The summed E-state index contributed by atoms with van der Waals surface area (Å²) in [6, 6.07) is 0. The number of hydrogen-bond acceptors (Lipinski definition) is 1. The fraction of sp³-hybridized carbons (Fsp3) is 0.500. The van der Waals surface area contributed by atoms with Crippen molar-refractivity contribution in [3.8, 4) is 0 Å². The van der Waals surface area contributed by atoms with E-state index in [0.717, 1.165) is 0 Å². The maximum atomic E-state index is 10.6. The molecule has 0 aromatic carbocycles. The monoisotopic (exact) mass is 137 g/mol. The Balaban J connectivity index is 0. The van der Waals surface area contributed by atoms with E-state index in [1.54, 1.807) is 0 Å². The quantitative estimate of drug-likeness (QED) is 0.379. The van der Waals surface area contributed by atoms with Crippen molar-refractivity contribution in [3.63, 3.8) is 0 Å². The van der Waals surface area contributed by atoms with Crippen molar-refractivity contribution in [2.75, 3.05) is 0 Å². The SMILES string of the molecule is O=C(O)C(F)(F)F.[Na+]. The first-order valence-electron chi connectivity index (χ1n) is 1.24. The van der Waals surface area contributed by atoms with Crippen LogP contribution in [-0.4, -0.2) is 17.3 Å². The van der Waals surface area contributed by atoms with Crippen LogP contribution < -0.4 is 29.6 Å². The zero-order valence-electron chi connectivity index (χ0n) is 3.99. The summed E-state index contributed by atoms with van der Waals surface area (Å²) in [5.74, 6) is -2.76. The summed E-state index contributed by atoms with van der Waals surface area (Å²) in [5.41, 5.74) is 0. The molecule has 0 amide bonds. The predicted octanol–water partition coefficient (Wildman–Crippen LogP) is -2.36. The summed E-state index contributed by atoms with van der Waals surface area (Å²) < 4.78 is 31.7. The molecular formula is C2HF3NaO2+. The van der Waals surface area contributed by atoms with Crippen LogP contribution in [0.1, 0.15) is 0 Å². The molecule has 1 N–H and O–H groups in total. The van der Waals surface area contributed by atoms with E-state index >= 15 is 0 Å². The van der Waals surface area contributed by atoms with Crippen LogP contribution in [0.5, 0.6) is 0 Å². The molecule has 0 unspecified atom stereocenters. The molecule has 2 nitrogen and oxygen atoms in total. The van der Waals surface area contributed by atoms with Gasteiger partial charge in [0.05, 0.1) is 0 Å². The number of carboxylic acids is 1. The summed E-state index contributed by atoms with van der Waals surface area (Å²) >= 11 is 0. The Morgan fingerprint density at radius 1 is 1.38 bits per heavy atom. The third kappa shape index (κ3) is 4.42. The Bertz CT molecular complexity index is 87.8. The van der Waals surface area contributed by atoms with Gasteiger partial charge in [0, 0.05) is 0 Å². The van der Waals surface area contributed by atoms with Crippen molar-refractivity contribution in [2.24, 2.45) is 0 Å². The third-order valence-corrected chi connectivity index (χ3v) is 0.243. The molecule has 0 radical (unpaired) electrons. The maximum absolute atomic E-state index is 10.6. The average Bonchev–Trinajstić information content (AvgIpc) is 1.31. The van der Waals surface area contributed by atoms with Crippen LogP contribution in [0.15, 0.2) is 0 Å². The Labute approximate surface area is 65.0 Å². The van der Waals surface area contributed by atoms with Gasteiger partial charge in [0.25, 0.3) is 0 Å². The number of aliphatic carboxylic acids is 1. The summed E-state index contributed by atoms with van der Waals surface area (Å²) in [4.78, 5) is 8.90. The topological polar surface area (TPSA) is 37.3 Å². The largest absolute Gasteiger partial charge is 1.00 e. The molecule has 0 rings (SSSR count). The van der Waals surface area contributed by atoms with Crippen LogP contribution in [0.3, 0.4) is 0 Å². The van der Waals surface area contributed by atoms with Crippen molar-refractivity contribution in [3.05, 3.63) is 0 Å². The first kappa shape index (κ1) is 11.1. The summed E-state index contributed by atoms with van der Waals surface area (Å²) in [5, 5.41) is 7.12. The molecule has 0 aliphatic rings. The fourth-order valence-electron chi connectivity index (χ4n) is 0. The minimum atomic E-state index is -5.08. The Morgan fingerprint density at radius 3 is 1.50 bits per heavy atom. The van der Waals surface area contributed by atoms with Gasteiger partial charge in [0.15, 0.2) is 0 Å². The minimum Gasteiger partial charge on any atom is -0.475 e. The molecule has 0 aliphatic heterocycles. The van der Waals surface area contributed by atoms with Gasteiger partial charge in [-0.05, 0) is 0 Å². The van der Waals surface area contributed by atoms with Crippen LogP contribution in [-0.2, 0) is 4.79 Å². The van der Waals surface area contributed by atoms with Crippen molar-refractivity contribution < 1.29 is 52.6 Å². The van der Waals surface area contributed by atoms with E-state index in [2.05, 4.69) is 0 Å². The number of carboxylic acid groups (broad SMARTS) is 1. The molecule has 0 aromatic rings. The number of carbonyl (C=O) groups is 1. The number of halogens is 3. The van der Waals surface area contributed by atoms with Gasteiger partial charge < -0.3 is 5.11 Å². The third-order valence-electron chi connectivity index (χ3n) is 0.243. The van der Waals surface area contributed by atoms with Crippen LogP contribution in [0.25, 0.3) is 0 Å². The average molecular weight is 137 g/mol. The molecule has 0 aliphatic carbocycles. The maximum Gasteiger partial charge on any atom is 1.00 e. The van der Waals surface area contributed by atoms with Crippen molar-refractivity contribution in [2.45, 2.75) is 6.18 Å². The van der Waals surface area contributed by atoms with Crippen molar-refractivity contribution in [1.29, 1.82) is 0 Å². The first-order chi connectivity index (χ1) is 2.94. The summed E-state index contributed by atoms with van der Waals surface area (Å²) in [6.07, 6.45) is -5.08. The molecule has 0 spiro atoms. The normalized spacial score (nSPS) is 9.88. The second kappa shape index (κ2) is 3.32. The van der Waals surface area contributed by atoms with Crippen molar-refractivity contribution in [1.82, 2.24) is 0 Å². The van der Waals surface area contributed by atoms with E-state index in [1.807, 2.05) is 0 Å². The molecule has 8 heavy (non-hydrogen) atoms. The molecule has 0 aromatic heterocycles. The predicted molar refractivity (Wildman–Crippen MR) is 13.7 cm³/mol. The van der Waals surface area contributed by atoms with Crippen molar-refractivity contribution >= 4 is 5.97 Å². The summed E-state index contributed by atoms with van der Waals surface area (Å²) in [7, 11) is 0. The van der Waals surface area contributed by atoms with Gasteiger partial charge in [-0.1, -0.05) is 0 Å². The second-order valence-electron chi connectivity index (χ2n) is 0.803. The fourth-order valence-corrected chi connectivity index (χ4v) is 0. The second-order valence-corrected chi connectivity index (χ2v) is 0.803. The minimum absolute atomic E-state index is 0. The smallest absolute Gasteiger partial charge is 0.475 e. The van der Waals surface area contributed by atoms with Crippen LogP contribution in [0.2, 0.25) is 0 Å². The Hall–Kier alpha value is 0.260.